The van der Waals surface area contributed by atoms with E-state index in [0.717, 1.165) is 0 Å². The largest absolute Gasteiger partial charge is 0.481 e. The van der Waals surface area contributed by atoms with Gasteiger partial charge in [-0.2, -0.15) is 0 Å². The summed E-state index contributed by atoms with van der Waals surface area (Å²) in [5, 5.41) is 8.66. The number of hydrogen-bond acceptors (Lipinski definition) is 1. The fraction of sp³-hybridized carbons (Fsp3) is 0.100. The minimum absolute atomic E-state index is 0.110. The zero-order chi connectivity index (χ0) is 10.6. The molecule has 1 aromatic rings. The number of carboxylic acids is 1. The number of carboxylic acid groups (broad SMARTS) is 1. The predicted octanol–water partition coefficient (Wildman–Crippen LogP) is 2.31. The maximum Gasteiger partial charge on any atom is 0.315 e. The summed E-state index contributed by atoms with van der Waals surface area (Å²) in [6.07, 6.45) is -0.314. The third kappa shape index (κ3) is 3.08. The number of benzene rings is 1. The lowest BCUT2D eigenvalue weighted by Crippen LogP contribution is -1.90. The standard InChI is InChI=1S/C10H6ClFO2/c11-8-4-5-9(12)7(6-8)2-1-3-10(13)14/h4-6H,3H2,(H,13,14). The lowest BCUT2D eigenvalue weighted by atomic mass is 10.2. The van der Waals surface area contributed by atoms with Gasteiger partial charge in [0, 0.05) is 5.02 Å². The fourth-order valence-corrected chi connectivity index (χ4v) is 0.980. The molecule has 0 bridgehead atoms. The van der Waals surface area contributed by atoms with Gasteiger partial charge in [-0.05, 0) is 18.2 Å². The molecule has 0 fully saturated rings. The van der Waals surface area contributed by atoms with Gasteiger partial charge in [0.1, 0.15) is 12.2 Å². The molecule has 0 heterocycles. The molecule has 2 nitrogen and oxygen atoms in total. The lowest BCUT2D eigenvalue weighted by Gasteiger charge is -1.93. The lowest BCUT2D eigenvalue weighted by molar-refractivity contribution is -0.135. The Morgan fingerprint density at radius 1 is 1.57 bits per heavy atom. The minimum Gasteiger partial charge on any atom is -0.481 e. The van der Waals surface area contributed by atoms with Crippen molar-refractivity contribution in [3.8, 4) is 11.8 Å². The Kier molecular flexibility index (Phi) is 3.49. The molecule has 0 aromatic heterocycles. The van der Waals surface area contributed by atoms with Gasteiger partial charge in [0.15, 0.2) is 0 Å². The average Bonchev–Trinajstić information content (AvgIpc) is 2.10. The van der Waals surface area contributed by atoms with E-state index in [-0.39, 0.29) is 12.0 Å². The van der Waals surface area contributed by atoms with Crippen molar-refractivity contribution in [3.63, 3.8) is 0 Å². The van der Waals surface area contributed by atoms with E-state index in [0.29, 0.717) is 5.02 Å². The first-order valence-corrected chi connectivity index (χ1v) is 4.13. The van der Waals surface area contributed by atoms with Crippen molar-refractivity contribution in [2.75, 3.05) is 0 Å². The van der Waals surface area contributed by atoms with Gasteiger partial charge in [-0.1, -0.05) is 23.4 Å². The van der Waals surface area contributed by atoms with Crippen LogP contribution in [-0.4, -0.2) is 11.1 Å². The maximum absolute atomic E-state index is 13.0. The Morgan fingerprint density at radius 3 is 2.93 bits per heavy atom. The molecule has 0 atom stereocenters. The van der Waals surface area contributed by atoms with E-state index in [2.05, 4.69) is 11.8 Å². The second-order valence-electron chi connectivity index (χ2n) is 2.50. The Hall–Kier alpha value is -1.53. The van der Waals surface area contributed by atoms with Crippen molar-refractivity contribution < 1.29 is 14.3 Å². The van der Waals surface area contributed by atoms with E-state index < -0.39 is 11.8 Å². The van der Waals surface area contributed by atoms with Crippen LogP contribution >= 0.6 is 11.6 Å². The summed E-state index contributed by atoms with van der Waals surface area (Å²) in [5.74, 6) is 3.17. The van der Waals surface area contributed by atoms with Crippen LogP contribution < -0.4 is 0 Å². The van der Waals surface area contributed by atoms with E-state index >= 15 is 0 Å². The van der Waals surface area contributed by atoms with Crippen molar-refractivity contribution in [3.05, 3.63) is 34.6 Å². The van der Waals surface area contributed by atoms with Crippen molar-refractivity contribution in [1.82, 2.24) is 0 Å². The zero-order valence-electron chi connectivity index (χ0n) is 7.05. The fourth-order valence-electron chi connectivity index (χ4n) is 0.808. The molecule has 0 radical (unpaired) electrons. The van der Waals surface area contributed by atoms with Crippen LogP contribution in [0.3, 0.4) is 0 Å². The monoisotopic (exact) mass is 212 g/mol. The zero-order valence-corrected chi connectivity index (χ0v) is 7.81. The van der Waals surface area contributed by atoms with Crippen LogP contribution in [0, 0.1) is 17.7 Å². The Labute approximate surface area is 85.3 Å². The first-order valence-electron chi connectivity index (χ1n) is 3.75. The number of hydrogen-bond donors (Lipinski definition) is 1. The van der Waals surface area contributed by atoms with Crippen LogP contribution in [0.4, 0.5) is 4.39 Å². The van der Waals surface area contributed by atoms with Crippen LogP contribution in [0.15, 0.2) is 18.2 Å². The highest BCUT2D eigenvalue weighted by Gasteiger charge is 1.99. The van der Waals surface area contributed by atoms with Gasteiger partial charge in [-0.3, -0.25) is 4.79 Å². The molecule has 1 rings (SSSR count). The summed E-state index contributed by atoms with van der Waals surface area (Å²) in [5.41, 5.74) is 0.110. The van der Waals surface area contributed by atoms with Gasteiger partial charge < -0.3 is 5.11 Å². The summed E-state index contributed by atoms with van der Waals surface area (Å²) in [4.78, 5) is 10.1. The van der Waals surface area contributed by atoms with Gasteiger partial charge in [-0.25, -0.2) is 4.39 Å². The second-order valence-corrected chi connectivity index (χ2v) is 2.93. The molecule has 0 saturated heterocycles. The highest BCUT2D eigenvalue weighted by Crippen LogP contribution is 2.13. The highest BCUT2D eigenvalue weighted by atomic mass is 35.5. The first kappa shape index (κ1) is 10.6. The second kappa shape index (κ2) is 4.64. The smallest absolute Gasteiger partial charge is 0.315 e. The maximum atomic E-state index is 13.0. The summed E-state index contributed by atoms with van der Waals surface area (Å²) in [6.45, 7) is 0. The number of aliphatic carboxylic acids is 1. The molecule has 0 aliphatic carbocycles. The van der Waals surface area contributed by atoms with Crippen LogP contribution in [-0.2, 0) is 4.79 Å². The van der Waals surface area contributed by atoms with Crippen molar-refractivity contribution in [1.29, 1.82) is 0 Å². The Bertz CT molecular complexity index is 418. The van der Waals surface area contributed by atoms with E-state index in [1.54, 1.807) is 0 Å². The quantitative estimate of drug-likeness (QED) is 0.726. The van der Waals surface area contributed by atoms with E-state index in [9.17, 15) is 9.18 Å². The van der Waals surface area contributed by atoms with Crippen LogP contribution in [0.1, 0.15) is 12.0 Å². The predicted molar refractivity (Wildman–Crippen MR) is 50.5 cm³/mol. The Morgan fingerprint density at radius 2 is 2.29 bits per heavy atom. The van der Waals surface area contributed by atoms with Gasteiger partial charge in [0.2, 0.25) is 0 Å². The molecule has 72 valence electrons. The molecule has 0 spiro atoms. The normalized spacial score (nSPS) is 9.00. The molecule has 14 heavy (non-hydrogen) atoms. The van der Waals surface area contributed by atoms with E-state index in [1.807, 2.05) is 0 Å². The summed E-state index contributed by atoms with van der Waals surface area (Å²) < 4.78 is 13.0. The molecule has 0 saturated carbocycles. The highest BCUT2D eigenvalue weighted by molar-refractivity contribution is 6.30. The van der Waals surface area contributed by atoms with Gasteiger partial charge >= 0.3 is 5.97 Å². The van der Waals surface area contributed by atoms with Gasteiger partial charge in [0.25, 0.3) is 0 Å². The van der Waals surface area contributed by atoms with Crippen molar-refractivity contribution in [2.45, 2.75) is 6.42 Å². The summed E-state index contributed by atoms with van der Waals surface area (Å²) in [6, 6.07) is 3.94. The average molecular weight is 213 g/mol. The van der Waals surface area contributed by atoms with Crippen molar-refractivity contribution >= 4 is 17.6 Å². The Balaban J connectivity index is 2.88. The number of halogens is 2. The third-order valence-electron chi connectivity index (χ3n) is 1.39. The molecule has 0 aliphatic rings. The third-order valence-corrected chi connectivity index (χ3v) is 1.63. The van der Waals surface area contributed by atoms with Crippen LogP contribution in [0.5, 0.6) is 0 Å². The summed E-state index contributed by atoms with van der Waals surface area (Å²) in [7, 11) is 0. The topological polar surface area (TPSA) is 37.3 Å². The molecule has 1 aromatic carbocycles. The van der Waals surface area contributed by atoms with Gasteiger partial charge in [-0.15, -0.1) is 0 Å². The molecular weight excluding hydrogens is 207 g/mol. The molecule has 1 N–H and O–H groups in total. The van der Waals surface area contributed by atoms with E-state index in [1.165, 1.54) is 18.2 Å². The van der Waals surface area contributed by atoms with Crippen LogP contribution in [0.2, 0.25) is 5.02 Å². The van der Waals surface area contributed by atoms with Crippen molar-refractivity contribution in [2.24, 2.45) is 0 Å². The molecular formula is C10H6ClFO2. The van der Waals surface area contributed by atoms with Crippen LogP contribution in [0.25, 0.3) is 0 Å². The van der Waals surface area contributed by atoms with Gasteiger partial charge in [0.05, 0.1) is 5.56 Å². The van der Waals surface area contributed by atoms with E-state index in [4.69, 9.17) is 16.7 Å². The molecule has 0 unspecified atom stereocenters. The molecule has 0 aliphatic heterocycles. The first-order chi connectivity index (χ1) is 6.59. The SMILES string of the molecule is O=C(O)CC#Cc1cc(Cl)ccc1F. The molecule has 4 heteroatoms. The summed E-state index contributed by atoms with van der Waals surface area (Å²) >= 11 is 5.61. The molecule has 0 amide bonds. The minimum atomic E-state index is -1.04. The number of rotatable bonds is 1. The number of carbonyl (C=O) groups is 1.